The van der Waals surface area contributed by atoms with E-state index in [2.05, 4.69) is 4.98 Å². The molecule has 2 saturated carbocycles. The van der Waals surface area contributed by atoms with Crippen molar-refractivity contribution in [2.45, 2.75) is 44.6 Å². The number of aromatic nitrogens is 1. The van der Waals surface area contributed by atoms with Crippen molar-refractivity contribution in [3.05, 3.63) is 22.9 Å². The number of nitrogens with zero attached hydrogens (tertiary/aromatic N) is 1. The van der Waals surface area contributed by atoms with Gasteiger partial charge in [0.1, 0.15) is 5.03 Å². The van der Waals surface area contributed by atoms with Gasteiger partial charge in [-0.15, -0.1) is 11.8 Å². The highest BCUT2D eigenvalue weighted by atomic mass is 32.2. The first kappa shape index (κ1) is 13.9. The monoisotopic (exact) mass is 291 g/mol. The van der Waals surface area contributed by atoms with E-state index in [1.165, 1.54) is 25.7 Å². The summed E-state index contributed by atoms with van der Waals surface area (Å²) in [7, 11) is 0. The van der Waals surface area contributed by atoms with Gasteiger partial charge in [0, 0.05) is 11.4 Å². The normalized spacial score (nSPS) is 28.0. The van der Waals surface area contributed by atoms with Crippen LogP contribution in [0.5, 0.6) is 0 Å². The van der Waals surface area contributed by atoms with E-state index >= 15 is 0 Å². The summed E-state index contributed by atoms with van der Waals surface area (Å²) in [6.07, 6.45) is 5.53. The number of carbonyl (C=O) groups is 1. The van der Waals surface area contributed by atoms with Crippen molar-refractivity contribution in [2.75, 3.05) is 5.75 Å². The predicted molar refractivity (Wildman–Crippen MR) is 80.3 cm³/mol. The van der Waals surface area contributed by atoms with Crippen LogP contribution in [0.4, 0.5) is 0 Å². The van der Waals surface area contributed by atoms with Crippen LogP contribution < -0.4 is 0 Å². The Balaban J connectivity index is 1.75. The molecule has 1 heterocycles. The number of thioether (sulfide) groups is 1. The number of hydrogen-bond acceptors (Lipinski definition) is 3. The smallest absolute Gasteiger partial charge is 0.338 e. The summed E-state index contributed by atoms with van der Waals surface area (Å²) in [4.78, 5) is 15.9. The fourth-order valence-electron chi connectivity index (χ4n) is 3.93. The standard InChI is InChI=1S/C16H21NO2S/c1-9-5-10(2)17-15(14(9)16(18)19)20-8-13-7-11-3-4-12(13)6-11/h5,11-13H,3-4,6-8H2,1-2H3,(H,18,19). The Morgan fingerprint density at radius 1 is 1.40 bits per heavy atom. The van der Waals surface area contributed by atoms with Crippen molar-refractivity contribution in [3.63, 3.8) is 0 Å². The third-order valence-electron chi connectivity index (χ3n) is 4.84. The molecule has 1 aromatic heterocycles. The molecule has 2 aliphatic rings. The summed E-state index contributed by atoms with van der Waals surface area (Å²) >= 11 is 1.65. The number of pyridine rings is 1. The van der Waals surface area contributed by atoms with Crippen LogP contribution in [0.3, 0.4) is 0 Å². The molecule has 20 heavy (non-hydrogen) atoms. The second kappa shape index (κ2) is 5.40. The summed E-state index contributed by atoms with van der Waals surface area (Å²) in [5.74, 6) is 2.76. The highest BCUT2D eigenvalue weighted by Crippen LogP contribution is 2.49. The minimum atomic E-state index is -0.856. The first-order valence-electron chi connectivity index (χ1n) is 7.39. The van der Waals surface area contributed by atoms with Crippen LogP contribution >= 0.6 is 11.8 Å². The Kier molecular flexibility index (Phi) is 3.76. The molecule has 3 nitrogen and oxygen atoms in total. The molecular formula is C16H21NO2S. The average Bonchev–Trinajstić information content (AvgIpc) is 2.96. The van der Waals surface area contributed by atoms with Crippen LogP contribution in [0.2, 0.25) is 0 Å². The molecule has 2 aliphatic carbocycles. The van der Waals surface area contributed by atoms with Crippen LogP contribution in [0.15, 0.2) is 11.1 Å². The van der Waals surface area contributed by atoms with Crippen molar-refractivity contribution in [2.24, 2.45) is 17.8 Å². The van der Waals surface area contributed by atoms with Gasteiger partial charge in [-0.3, -0.25) is 0 Å². The average molecular weight is 291 g/mol. The van der Waals surface area contributed by atoms with E-state index in [9.17, 15) is 9.90 Å². The summed E-state index contributed by atoms with van der Waals surface area (Å²) in [6.45, 7) is 3.79. The summed E-state index contributed by atoms with van der Waals surface area (Å²) in [5.41, 5.74) is 2.12. The Hall–Kier alpha value is -1.03. The van der Waals surface area contributed by atoms with Crippen LogP contribution in [0, 0.1) is 31.6 Å². The lowest BCUT2D eigenvalue weighted by atomic mass is 9.90. The molecule has 0 aromatic carbocycles. The molecule has 0 amide bonds. The quantitative estimate of drug-likeness (QED) is 0.854. The minimum Gasteiger partial charge on any atom is -0.478 e. The topological polar surface area (TPSA) is 50.2 Å². The third-order valence-corrected chi connectivity index (χ3v) is 6.01. The second-order valence-corrected chi connectivity index (χ2v) is 7.32. The van der Waals surface area contributed by atoms with E-state index in [4.69, 9.17) is 0 Å². The molecule has 0 spiro atoms. The van der Waals surface area contributed by atoms with E-state index in [0.717, 1.165) is 34.8 Å². The molecule has 108 valence electrons. The number of aryl methyl sites for hydroxylation is 2. The lowest BCUT2D eigenvalue weighted by Gasteiger charge is -2.21. The molecular weight excluding hydrogens is 270 g/mol. The molecule has 2 fully saturated rings. The van der Waals surface area contributed by atoms with Crippen molar-refractivity contribution in [1.82, 2.24) is 4.98 Å². The molecule has 2 bridgehead atoms. The van der Waals surface area contributed by atoms with E-state index in [-0.39, 0.29) is 0 Å². The zero-order valence-electron chi connectivity index (χ0n) is 12.1. The lowest BCUT2D eigenvalue weighted by Crippen LogP contribution is -2.14. The van der Waals surface area contributed by atoms with Gasteiger partial charge >= 0.3 is 5.97 Å². The molecule has 3 unspecified atom stereocenters. The van der Waals surface area contributed by atoms with Gasteiger partial charge in [0.2, 0.25) is 0 Å². The molecule has 4 heteroatoms. The first-order chi connectivity index (χ1) is 9.54. The van der Waals surface area contributed by atoms with Crippen molar-refractivity contribution in [1.29, 1.82) is 0 Å². The molecule has 3 atom stereocenters. The number of carboxylic acids is 1. The molecule has 1 N–H and O–H groups in total. The fourth-order valence-corrected chi connectivity index (χ4v) is 5.32. The summed E-state index contributed by atoms with van der Waals surface area (Å²) < 4.78 is 0. The Bertz CT molecular complexity index is 544. The Labute approximate surface area is 124 Å². The van der Waals surface area contributed by atoms with Gasteiger partial charge in [0.15, 0.2) is 0 Å². The summed E-state index contributed by atoms with van der Waals surface area (Å²) in [5, 5.41) is 10.1. The van der Waals surface area contributed by atoms with Crippen LogP contribution in [0.25, 0.3) is 0 Å². The number of rotatable bonds is 4. The van der Waals surface area contributed by atoms with Gasteiger partial charge in [-0.05, 0) is 62.5 Å². The van der Waals surface area contributed by atoms with Gasteiger partial charge in [0.05, 0.1) is 5.56 Å². The fraction of sp³-hybridized carbons (Fsp3) is 0.625. The zero-order chi connectivity index (χ0) is 14.3. The number of aromatic carboxylic acids is 1. The maximum Gasteiger partial charge on any atom is 0.338 e. The SMILES string of the molecule is Cc1cc(C)c(C(=O)O)c(SCC2CC3CCC2C3)n1. The van der Waals surface area contributed by atoms with Crippen molar-refractivity contribution >= 4 is 17.7 Å². The number of carboxylic acid groups (broad SMARTS) is 1. The van der Waals surface area contributed by atoms with Gasteiger partial charge < -0.3 is 5.11 Å². The minimum absolute atomic E-state index is 0.392. The van der Waals surface area contributed by atoms with Gasteiger partial charge in [-0.1, -0.05) is 6.42 Å². The number of fused-ring (bicyclic) bond motifs is 2. The summed E-state index contributed by atoms with van der Waals surface area (Å²) in [6, 6.07) is 1.85. The van der Waals surface area contributed by atoms with E-state index in [1.54, 1.807) is 11.8 Å². The van der Waals surface area contributed by atoms with Crippen LogP contribution in [-0.2, 0) is 0 Å². The number of hydrogen-bond donors (Lipinski definition) is 1. The van der Waals surface area contributed by atoms with E-state index in [1.807, 2.05) is 19.9 Å². The van der Waals surface area contributed by atoms with Crippen molar-refractivity contribution < 1.29 is 9.90 Å². The zero-order valence-corrected chi connectivity index (χ0v) is 12.9. The maximum absolute atomic E-state index is 11.4. The van der Waals surface area contributed by atoms with Crippen LogP contribution in [0.1, 0.15) is 47.3 Å². The maximum atomic E-state index is 11.4. The third kappa shape index (κ3) is 2.58. The van der Waals surface area contributed by atoms with Gasteiger partial charge in [0.25, 0.3) is 0 Å². The van der Waals surface area contributed by atoms with Crippen LogP contribution in [-0.4, -0.2) is 21.8 Å². The molecule has 0 aliphatic heterocycles. The first-order valence-corrected chi connectivity index (χ1v) is 8.37. The molecule has 0 saturated heterocycles. The van der Waals surface area contributed by atoms with Gasteiger partial charge in [-0.2, -0.15) is 0 Å². The molecule has 0 radical (unpaired) electrons. The highest BCUT2D eigenvalue weighted by Gasteiger charge is 2.39. The predicted octanol–water partition coefficient (Wildman–Crippen LogP) is 3.92. The van der Waals surface area contributed by atoms with E-state index < -0.39 is 5.97 Å². The lowest BCUT2D eigenvalue weighted by molar-refractivity contribution is 0.0691. The highest BCUT2D eigenvalue weighted by molar-refractivity contribution is 7.99. The molecule has 1 aromatic rings. The molecule has 3 rings (SSSR count). The van der Waals surface area contributed by atoms with E-state index in [0.29, 0.717) is 10.6 Å². The Morgan fingerprint density at radius 3 is 2.80 bits per heavy atom. The van der Waals surface area contributed by atoms with Crippen molar-refractivity contribution in [3.8, 4) is 0 Å². The largest absolute Gasteiger partial charge is 0.478 e. The van der Waals surface area contributed by atoms with Gasteiger partial charge in [-0.25, -0.2) is 9.78 Å². The second-order valence-electron chi connectivity index (χ2n) is 6.31. The Morgan fingerprint density at radius 2 is 2.20 bits per heavy atom.